The van der Waals surface area contributed by atoms with Gasteiger partial charge in [0.25, 0.3) is 0 Å². The lowest BCUT2D eigenvalue weighted by Crippen LogP contribution is -2.38. The van der Waals surface area contributed by atoms with Gasteiger partial charge >= 0.3 is 0 Å². The fraction of sp³-hybridized carbons (Fsp3) is 0.667. The van der Waals surface area contributed by atoms with Gasteiger partial charge in [-0.1, -0.05) is 24.6 Å². The molecule has 1 atom stereocenters. The average Bonchev–Trinajstić information content (AvgIpc) is 3.13. The van der Waals surface area contributed by atoms with Crippen molar-refractivity contribution in [2.24, 2.45) is 4.99 Å². The first-order valence-electron chi connectivity index (χ1n) is 7.82. The maximum atomic E-state index is 4.48. The molecule has 0 radical (unpaired) electrons. The average molecular weight is 305 g/mol. The Morgan fingerprint density at radius 1 is 1.29 bits per heavy atom. The van der Waals surface area contributed by atoms with Crippen LogP contribution in [0, 0.1) is 0 Å². The number of nitrogens with zero attached hydrogens (tertiary/aromatic N) is 3. The second kappa shape index (κ2) is 7.11. The number of aromatic nitrogens is 2. The van der Waals surface area contributed by atoms with Crippen molar-refractivity contribution in [3.8, 4) is 0 Å². The van der Waals surface area contributed by atoms with Crippen molar-refractivity contribution in [3.63, 3.8) is 0 Å². The minimum atomic E-state index is 0.447. The van der Waals surface area contributed by atoms with Gasteiger partial charge in [0.1, 0.15) is 0 Å². The fourth-order valence-corrected chi connectivity index (χ4v) is 3.77. The summed E-state index contributed by atoms with van der Waals surface area (Å²) in [5.41, 5.74) is 1.17. The summed E-state index contributed by atoms with van der Waals surface area (Å²) in [5, 5.41) is 8.26. The third-order valence-electron chi connectivity index (χ3n) is 3.87. The van der Waals surface area contributed by atoms with Gasteiger partial charge in [-0.2, -0.15) is 0 Å². The number of rotatable bonds is 5. The van der Waals surface area contributed by atoms with Gasteiger partial charge in [0.05, 0.1) is 6.54 Å². The normalized spacial score (nSPS) is 22.1. The van der Waals surface area contributed by atoms with Gasteiger partial charge in [0.15, 0.2) is 11.1 Å². The number of nitrogens with one attached hydrogen (secondary N) is 2. The lowest BCUT2D eigenvalue weighted by atomic mass is 10.2. The Morgan fingerprint density at radius 3 is 2.71 bits per heavy atom. The highest BCUT2D eigenvalue weighted by atomic mass is 32.2. The van der Waals surface area contributed by atoms with Crippen LogP contribution in [-0.2, 0) is 6.42 Å². The van der Waals surface area contributed by atoms with Crippen LogP contribution in [0.25, 0.3) is 0 Å². The molecule has 0 bridgehead atoms. The van der Waals surface area contributed by atoms with E-state index in [1.54, 1.807) is 0 Å². The second-order valence-corrected chi connectivity index (χ2v) is 7.08. The molecule has 0 spiro atoms. The summed E-state index contributed by atoms with van der Waals surface area (Å²) < 4.78 is 0. The molecule has 1 aliphatic heterocycles. The van der Waals surface area contributed by atoms with E-state index < -0.39 is 0 Å². The zero-order valence-corrected chi connectivity index (χ0v) is 13.3. The van der Waals surface area contributed by atoms with Crippen molar-refractivity contribution < 1.29 is 0 Å². The smallest absolute Gasteiger partial charge is 0.191 e. The van der Waals surface area contributed by atoms with Crippen LogP contribution in [0.2, 0.25) is 0 Å². The van der Waals surface area contributed by atoms with E-state index in [0.29, 0.717) is 6.04 Å². The minimum absolute atomic E-state index is 0.447. The molecule has 0 saturated heterocycles. The third kappa shape index (κ3) is 4.33. The van der Waals surface area contributed by atoms with E-state index >= 15 is 0 Å². The third-order valence-corrected chi connectivity index (χ3v) is 5.09. The number of guanidine groups is 1. The first-order valence-corrected chi connectivity index (χ1v) is 8.70. The van der Waals surface area contributed by atoms with Crippen LogP contribution in [0.5, 0.6) is 0 Å². The molecule has 5 nitrogen and oxygen atoms in total. The monoisotopic (exact) mass is 305 g/mol. The van der Waals surface area contributed by atoms with Crippen LogP contribution in [0.15, 0.2) is 22.5 Å². The van der Waals surface area contributed by atoms with E-state index in [4.69, 9.17) is 0 Å². The molecule has 1 fully saturated rings. The molecule has 21 heavy (non-hydrogen) atoms. The molecule has 2 N–H and O–H groups in total. The minimum Gasteiger partial charge on any atom is -0.356 e. The highest BCUT2D eigenvalue weighted by molar-refractivity contribution is 7.99. The quantitative estimate of drug-likeness (QED) is 0.815. The maximum absolute atomic E-state index is 4.48. The largest absolute Gasteiger partial charge is 0.356 e. The molecule has 2 aliphatic rings. The number of thioether (sulfide) groups is 1. The molecule has 0 aromatic carbocycles. The fourth-order valence-electron chi connectivity index (χ4n) is 2.67. The summed E-state index contributed by atoms with van der Waals surface area (Å²) in [6.07, 6.45) is 10.2. The van der Waals surface area contributed by atoms with Crippen LogP contribution >= 0.6 is 11.8 Å². The van der Waals surface area contributed by atoms with Crippen molar-refractivity contribution in [2.45, 2.75) is 55.5 Å². The van der Waals surface area contributed by atoms with Crippen molar-refractivity contribution in [1.82, 2.24) is 20.6 Å². The summed E-state index contributed by atoms with van der Waals surface area (Å²) in [6, 6.07) is 0.447. The maximum Gasteiger partial charge on any atom is 0.191 e. The summed E-state index contributed by atoms with van der Waals surface area (Å²) in [6.45, 7) is 3.85. The summed E-state index contributed by atoms with van der Waals surface area (Å²) >= 11 is 1.84. The van der Waals surface area contributed by atoms with Crippen molar-refractivity contribution in [3.05, 3.63) is 18.0 Å². The SMILES string of the molecule is CC1CN=C(NCCc2cnc(SC3CCCC3)nc2)N1. The number of hydrogen-bond donors (Lipinski definition) is 2. The van der Waals surface area contributed by atoms with Gasteiger partial charge in [-0.15, -0.1) is 0 Å². The number of aliphatic imine (C=N–C) groups is 1. The van der Waals surface area contributed by atoms with Crippen molar-refractivity contribution in [1.29, 1.82) is 0 Å². The van der Waals surface area contributed by atoms with Gasteiger partial charge in [0.2, 0.25) is 0 Å². The van der Waals surface area contributed by atoms with Crippen LogP contribution in [0.1, 0.15) is 38.2 Å². The van der Waals surface area contributed by atoms with Crippen LogP contribution in [0.4, 0.5) is 0 Å². The van der Waals surface area contributed by atoms with Crippen molar-refractivity contribution in [2.75, 3.05) is 13.1 Å². The first kappa shape index (κ1) is 14.6. The van der Waals surface area contributed by atoms with Crippen LogP contribution in [0.3, 0.4) is 0 Å². The number of hydrogen-bond acceptors (Lipinski definition) is 6. The first-order chi connectivity index (χ1) is 10.3. The zero-order valence-electron chi connectivity index (χ0n) is 12.5. The molecular formula is C15H23N5S. The van der Waals surface area contributed by atoms with Gasteiger partial charge < -0.3 is 10.6 Å². The molecule has 2 heterocycles. The van der Waals surface area contributed by atoms with E-state index in [1.807, 2.05) is 24.2 Å². The molecule has 1 aromatic rings. The second-order valence-electron chi connectivity index (χ2n) is 5.81. The lowest BCUT2D eigenvalue weighted by molar-refractivity contribution is 0.712. The topological polar surface area (TPSA) is 62.2 Å². The molecule has 1 aliphatic carbocycles. The standard InChI is InChI=1S/C15H23N5S/c1-11-8-17-14(20-11)16-7-6-12-9-18-15(19-10-12)21-13-4-2-3-5-13/h9-11,13H,2-8H2,1H3,(H2,16,17,20). The van der Waals surface area contributed by atoms with E-state index in [1.165, 1.54) is 31.2 Å². The molecular weight excluding hydrogens is 282 g/mol. The zero-order chi connectivity index (χ0) is 14.5. The highest BCUT2D eigenvalue weighted by Gasteiger charge is 2.17. The summed E-state index contributed by atoms with van der Waals surface area (Å²) in [7, 11) is 0. The van der Waals surface area contributed by atoms with E-state index in [2.05, 4.69) is 32.5 Å². The molecule has 1 unspecified atom stereocenters. The Bertz CT molecular complexity index is 481. The highest BCUT2D eigenvalue weighted by Crippen LogP contribution is 2.32. The van der Waals surface area contributed by atoms with Gasteiger partial charge in [0, 0.05) is 30.2 Å². The lowest BCUT2D eigenvalue weighted by Gasteiger charge is -2.09. The van der Waals surface area contributed by atoms with Crippen LogP contribution < -0.4 is 10.6 Å². The predicted octanol–water partition coefficient (Wildman–Crippen LogP) is 1.99. The molecule has 114 valence electrons. The van der Waals surface area contributed by atoms with Gasteiger partial charge in [-0.25, -0.2) is 9.97 Å². The van der Waals surface area contributed by atoms with Gasteiger partial charge in [-0.3, -0.25) is 4.99 Å². The van der Waals surface area contributed by atoms with Crippen LogP contribution in [-0.4, -0.2) is 40.3 Å². The van der Waals surface area contributed by atoms with Gasteiger partial charge in [-0.05, 0) is 31.7 Å². The Kier molecular flexibility index (Phi) is 4.95. The Hall–Kier alpha value is -1.30. The summed E-state index contributed by atoms with van der Waals surface area (Å²) in [4.78, 5) is 13.3. The Labute approximate surface area is 130 Å². The van der Waals surface area contributed by atoms with E-state index in [-0.39, 0.29) is 0 Å². The Balaban J connectivity index is 1.41. The molecule has 0 amide bonds. The molecule has 1 aromatic heterocycles. The summed E-state index contributed by atoms with van der Waals surface area (Å²) in [5.74, 6) is 0.914. The Morgan fingerprint density at radius 2 is 2.05 bits per heavy atom. The molecule has 1 saturated carbocycles. The molecule has 6 heteroatoms. The predicted molar refractivity (Wildman–Crippen MR) is 86.8 cm³/mol. The molecule has 3 rings (SSSR count). The van der Waals surface area contributed by atoms with E-state index in [0.717, 1.165) is 35.9 Å². The van der Waals surface area contributed by atoms with Crippen molar-refractivity contribution >= 4 is 17.7 Å². The van der Waals surface area contributed by atoms with E-state index in [9.17, 15) is 0 Å².